The van der Waals surface area contributed by atoms with Gasteiger partial charge in [-0.3, -0.25) is 9.79 Å². The number of amides is 1. The van der Waals surface area contributed by atoms with Gasteiger partial charge in [0.1, 0.15) is 12.3 Å². The van der Waals surface area contributed by atoms with Crippen molar-refractivity contribution in [2.45, 2.75) is 12.7 Å². The van der Waals surface area contributed by atoms with E-state index in [9.17, 15) is 18.0 Å². The lowest BCUT2D eigenvalue weighted by molar-refractivity contribution is -0.157. The summed E-state index contributed by atoms with van der Waals surface area (Å²) in [5, 5.41) is 5.66. The Morgan fingerprint density at radius 3 is 2.38 bits per heavy atom. The number of benzene rings is 1. The predicted molar refractivity (Wildman–Crippen MR) is 84.9 cm³/mol. The van der Waals surface area contributed by atoms with Gasteiger partial charge < -0.3 is 20.3 Å². The minimum absolute atomic E-state index is 0.283. The lowest BCUT2D eigenvalue weighted by atomic mass is 10.2. The van der Waals surface area contributed by atoms with Crippen LogP contribution in [0.15, 0.2) is 29.3 Å². The average Bonchev–Trinajstić information content (AvgIpc) is 2.53. The van der Waals surface area contributed by atoms with Crippen molar-refractivity contribution in [3.8, 4) is 5.75 Å². The minimum atomic E-state index is -4.42. The molecule has 0 saturated heterocycles. The molecule has 0 saturated carbocycles. The molecule has 0 aliphatic rings. The Bertz CT molecular complexity index is 559. The SMILES string of the molecule is CN=C(NCC(=O)N(C)CC(F)(F)F)NCc1ccc(OC)cc1. The maximum Gasteiger partial charge on any atom is 0.406 e. The molecule has 9 heteroatoms. The van der Waals surface area contributed by atoms with E-state index >= 15 is 0 Å². The molecular weight excluding hydrogens is 325 g/mol. The quantitative estimate of drug-likeness (QED) is 0.603. The molecule has 0 fully saturated rings. The third-order valence-corrected chi connectivity index (χ3v) is 3.09. The van der Waals surface area contributed by atoms with Gasteiger partial charge in [0.05, 0.1) is 13.7 Å². The second-order valence-corrected chi connectivity index (χ2v) is 4.99. The largest absolute Gasteiger partial charge is 0.497 e. The molecule has 0 radical (unpaired) electrons. The highest BCUT2D eigenvalue weighted by Gasteiger charge is 2.31. The maximum absolute atomic E-state index is 12.2. The fourth-order valence-electron chi connectivity index (χ4n) is 1.80. The summed E-state index contributed by atoms with van der Waals surface area (Å²) >= 11 is 0. The summed E-state index contributed by atoms with van der Waals surface area (Å²) in [6.45, 7) is -1.13. The average molecular weight is 346 g/mol. The number of hydrogen-bond donors (Lipinski definition) is 2. The van der Waals surface area contributed by atoms with Gasteiger partial charge in [-0.15, -0.1) is 0 Å². The van der Waals surface area contributed by atoms with E-state index in [-0.39, 0.29) is 6.54 Å². The fourth-order valence-corrected chi connectivity index (χ4v) is 1.80. The van der Waals surface area contributed by atoms with Crippen LogP contribution in [0.5, 0.6) is 5.75 Å². The Morgan fingerprint density at radius 2 is 1.88 bits per heavy atom. The maximum atomic E-state index is 12.2. The van der Waals surface area contributed by atoms with Crippen molar-refractivity contribution in [2.75, 3.05) is 34.3 Å². The van der Waals surface area contributed by atoms with Crippen molar-refractivity contribution >= 4 is 11.9 Å². The van der Waals surface area contributed by atoms with E-state index in [1.807, 2.05) is 24.3 Å². The second-order valence-electron chi connectivity index (χ2n) is 4.99. The Balaban J connectivity index is 2.43. The molecule has 1 aromatic rings. The molecule has 0 aliphatic carbocycles. The van der Waals surface area contributed by atoms with E-state index in [4.69, 9.17) is 4.74 Å². The number of rotatable bonds is 6. The first-order valence-electron chi connectivity index (χ1n) is 7.13. The lowest BCUT2D eigenvalue weighted by Gasteiger charge is -2.20. The summed E-state index contributed by atoms with van der Waals surface area (Å²) in [7, 11) is 4.18. The Hall–Kier alpha value is -2.45. The molecule has 134 valence electrons. The van der Waals surface area contributed by atoms with Crippen molar-refractivity contribution < 1.29 is 22.7 Å². The van der Waals surface area contributed by atoms with E-state index in [1.54, 1.807) is 7.11 Å². The predicted octanol–water partition coefficient (Wildman–Crippen LogP) is 1.38. The summed E-state index contributed by atoms with van der Waals surface area (Å²) in [6, 6.07) is 7.34. The first kappa shape index (κ1) is 19.6. The van der Waals surface area contributed by atoms with Crippen LogP contribution in [0.2, 0.25) is 0 Å². The first-order valence-corrected chi connectivity index (χ1v) is 7.13. The van der Waals surface area contributed by atoms with Crippen LogP contribution in [-0.2, 0) is 11.3 Å². The third-order valence-electron chi connectivity index (χ3n) is 3.09. The van der Waals surface area contributed by atoms with Crippen LogP contribution < -0.4 is 15.4 Å². The molecule has 1 amide bonds. The molecule has 0 bridgehead atoms. The van der Waals surface area contributed by atoms with E-state index in [1.165, 1.54) is 7.05 Å². The minimum Gasteiger partial charge on any atom is -0.497 e. The molecule has 0 heterocycles. The van der Waals surface area contributed by atoms with E-state index < -0.39 is 18.6 Å². The van der Waals surface area contributed by atoms with Gasteiger partial charge in [0.2, 0.25) is 5.91 Å². The molecule has 1 aromatic carbocycles. The number of carbonyl (C=O) groups excluding carboxylic acids is 1. The van der Waals surface area contributed by atoms with Gasteiger partial charge in [-0.2, -0.15) is 13.2 Å². The number of carbonyl (C=O) groups is 1. The van der Waals surface area contributed by atoms with Gasteiger partial charge in [-0.1, -0.05) is 12.1 Å². The molecule has 6 nitrogen and oxygen atoms in total. The number of ether oxygens (including phenoxy) is 1. The zero-order valence-corrected chi connectivity index (χ0v) is 13.8. The van der Waals surface area contributed by atoms with Crippen molar-refractivity contribution in [1.29, 1.82) is 0 Å². The van der Waals surface area contributed by atoms with E-state index in [0.29, 0.717) is 17.4 Å². The summed E-state index contributed by atoms with van der Waals surface area (Å²) in [6.07, 6.45) is -4.42. The van der Waals surface area contributed by atoms with Crippen molar-refractivity contribution in [3.63, 3.8) is 0 Å². The van der Waals surface area contributed by atoms with Gasteiger partial charge in [0, 0.05) is 20.6 Å². The first-order chi connectivity index (χ1) is 11.2. The second kappa shape index (κ2) is 8.99. The molecule has 0 aliphatic heterocycles. The molecule has 0 unspecified atom stereocenters. The number of guanidine groups is 1. The molecule has 0 aromatic heterocycles. The molecule has 1 rings (SSSR count). The smallest absolute Gasteiger partial charge is 0.406 e. The van der Waals surface area contributed by atoms with Gasteiger partial charge in [-0.05, 0) is 17.7 Å². The highest BCUT2D eigenvalue weighted by Crippen LogP contribution is 2.15. The van der Waals surface area contributed by atoms with Crippen molar-refractivity contribution in [3.05, 3.63) is 29.8 Å². The van der Waals surface area contributed by atoms with Crippen molar-refractivity contribution in [1.82, 2.24) is 15.5 Å². The number of halogens is 3. The highest BCUT2D eigenvalue weighted by molar-refractivity contribution is 5.86. The highest BCUT2D eigenvalue weighted by atomic mass is 19.4. The van der Waals surface area contributed by atoms with Crippen LogP contribution in [0, 0.1) is 0 Å². The van der Waals surface area contributed by atoms with E-state index in [2.05, 4.69) is 15.6 Å². The van der Waals surface area contributed by atoms with Crippen LogP contribution in [0.25, 0.3) is 0 Å². The number of aliphatic imine (C=N–C) groups is 1. The monoisotopic (exact) mass is 346 g/mol. The molecule has 0 spiro atoms. The van der Waals surface area contributed by atoms with Crippen LogP contribution in [-0.4, -0.2) is 57.2 Å². The topological polar surface area (TPSA) is 66.0 Å². The standard InChI is InChI=1S/C15H21F3N4O2/c1-19-14(20-8-11-4-6-12(24-3)7-5-11)21-9-13(23)22(2)10-15(16,17)18/h4-7H,8-10H2,1-3H3,(H2,19,20,21). The molecule has 0 atom stereocenters. The number of alkyl halides is 3. The Labute approximate surface area is 138 Å². The van der Waals surface area contributed by atoms with Crippen LogP contribution in [0.4, 0.5) is 13.2 Å². The van der Waals surface area contributed by atoms with Crippen LogP contribution >= 0.6 is 0 Å². The molecule has 24 heavy (non-hydrogen) atoms. The summed E-state index contributed by atoms with van der Waals surface area (Å²) in [4.78, 5) is 16.2. The number of likely N-dealkylation sites (N-methyl/N-ethyl adjacent to an activating group) is 1. The summed E-state index contributed by atoms with van der Waals surface area (Å²) in [5.74, 6) is 0.374. The van der Waals surface area contributed by atoms with E-state index in [0.717, 1.165) is 18.4 Å². The van der Waals surface area contributed by atoms with Gasteiger partial charge in [0.25, 0.3) is 0 Å². The van der Waals surface area contributed by atoms with Gasteiger partial charge in [-0.25, -0.2) is 0 Å². The summed E-state index contributed by atoms with van der Waals surface area (Å²) in [5.41, 5.74) is 0.958. The number of methoxy groups -OCH3 is 1. The number of hydrogen-bond acceptors (Lipinski definition) is 3. The van der Waals surface area contributed by atoms with Crippen LogP contribution in [0.3, 0.4) is 0 Å². The van der Waals surface area contributed by atoms with Gasteiger partial charge >= 0.3 is 6.18 Å². The number of nitrogens with one attached hydrogen (secondary N) is 2. The lowest BCUT2D eigenvalue weighted by Crippen LogP contribution is -2.45. The van der Waals surface area contributed by atoms with Crippen molar-refractivity contribution in [2.24, 2.45) is 4.99 Å². The molecule has 2 N–H and O–H groups in total. The third kappa shape index (κ3) is 7.21. The zero-order valence-electron chi connectivity index (χ0n) is 13.8. The Morgan fingerprint density at radius 1 is 1.25 bits per heavy atom. The summed E-state index contributed by atoms with van der Waals surface area (Å²) < 4.78 is 41.8. The zero-order chi connectivity index (χ0) is 18.2. The van der Waals surface area contributed by atoms with Crippen LogP contribution in [0.1, 0.15) is 5.56 Å². The number of nitrogens with zero attached hydrogens (tertiary/aromatic N) is 2. The normalized spacial score (nSPS) is 11.8. The Kier molecular flexibility index (Phi) is 7.34. The molecular formula is C15H21F3N4O2. The fraction of sp³-hybridized carbons (Fsp3) is 0.467. The van der Waals surface area contributed by atoms with Gasteiger partial charge in [0.15, 0.2) is 5.96 Å².